The van der Waals surface area contributed by atoms with Crippen LogP contribution in [-0.2, 0) is 19.4 Å². The van der Waals surface area contributed by atoms with Gasteiger partial charge in [-0.05, 0) is 25.8 Å². The molecule has 3 N–H and O–H groups in total. The highest BCUT2D eigenvalue weighted by atomic mass is 16.5. The van der Waals surface area contributed by atoms with Gasteiger partial charge in [0, 0.05) is 25.1 Å². The Hall–Kier alpha value is -2.34. The van der Waals surface area contributed by atoms with E-state index in [2.05, 4.69) is 34.6 Å². The van der Waals surface area contributed by atoms with Crippen molar-refractivity contribution in [3.05, 3.63) is 52.4 Å². The minimum Gasteiger partial charge on any atom is -0.387 e. The van der Waals surface area contributed by atoms with Gasteiger partial charge in [-0.1, -0.05) is 48.8 Å². The third-order valence-electron chi connectivity index (χ3n) is 4.27. The Labute approximate surface area is 155 Å². The maximum atomic E-state index is 10.4. The number of guanidine groups is 1. The molecule has 0 aliphatic rings. The molecule has 0 radical (unpaired) electrons. The molecule has 0 amide bonds. The van der Waals surface area contributed by atoms with Crippen molar-refractivity contribution >= 4 is 5.96 Å². The summed E-state index contributed by atoms with van der Waals surface area (Å²) in [5.74, 6) is 1.56. The third kappa shape index (κ3) is 5.33. The van der Waals surface area contributed by atoms with E-state index in [1.165, 1.54) is 5.56 Å². The largest absolute Gasteiger partial charge is 0.387 e. The van der Waals surface area contributed by atoms with Gasteiger partial charge in [0.15, 0.2) is 5.96 Å². The van der Waals surface area contributed by atoms with E-state index in [0.717, 1.165) is 42.0 Å². The average Bonchev–Trinajstić information content (AvgIpc) is 3.06. The van der Waals surface area contributed by atoms with E-state index in [1.807, 2.05) is 38.1 Å². The van der Waals surface area contributed by atoms with Crippen LogP contribution < -0.4 is 10.6 Å². The van der Waals surface area contributed by atoms with Gasteiger partial charge in [-0.3, -0.25) is 0 Å². The molecule has 0 spiro atoms. The molecule has 142 valence electrons. The molecule has 0 bridgehead atoms. The second-order valence-electron chi connectivity index (χ2n) is 6.24. The number of nitrogens with zero attached hydrogens (tertiary/aromatic N) is 2. The van der Waals surface area contributed by atoms with Crippen molar-refractivity contribution in [2.45, 2.75) is 53.2 Å². The number of hydrogen-bond donors (Lipinski definition) is 3. The van der Waals surface area contributed by atoms with Gasteiger partial charge in [0.2, 0.25) is 0 Å². The van der Waals surface area contributed by atoms with Crippen LogP contribution >= 0.6 is 0 Å². The fourth-order valence-corrected chi connectivity index (χ4v) is 2.72. The van der Waals surface area contributed by atoms with Crippen molar-refractivity contribution in [2.24, 2.45) is 4.99 Å². The topological polar surface area (TPSA) is 82.7 Å². The maximum Gasteiger partial charge on any atom is 0.191 e. The minimum absolute atomic E-state index is 0.389. The summed E-state index contributed by atoms with van der Waals surface area (Å²) in [6.07, 6.45) is 1.03. The maximum absolute atomic E-state index is 10.4. The molecule has 6 nitrogen and oxygen atoms in total. The summed E-state index contributed by atoms with van der Waals surface area (Å²) in [6, 6.07) is 7.90. The van der Waals surface area contributed by atoms with E-state index in [-0.39, 0.29) is 0 Å². The molecule has 0 aliphatic carbocycles. The van der Waals surface area contributed by atoms with Crippen LogP contribution in [0.5, 0.6) is 0 Å². The second-order valence-corrected chi connectivity index (χ2v) is 6.24. The molecule has 0 aliphatic heterocycles. The number of nitrogens with one attached hydrogen (secondary N) is 2. The molecule has 2 aromatic rings. The SMILES string of the molecule is CCNC(=NCc1c(CC)noc1CC)NCC(O)c1ccc(C)cc1. The van der Waals surface area contributed by atoms with E-state index in [9.17, 15) is 5.11 Å². The monoisotopic (exact) mass is 358 g/mol. The quantitative estimate of drug-likeness (QED) is 0.499. The Morgan fingerprint density at radius 2 is 1.88 bits per heavy atom. The smallest absolute Gasteiger partial charge is 0.191 e. The lowest BCUT2D eigenvalue weighted by Gasteiger charge is -2.15. The van der Waals surface area contributed by atoms with Crippen LogP contribution in [0.15, 0.2) is 33.8 Å². The first-order chi connectivity index (χ1) is 12.6. The molecule has 2 rings (SSSR count). The van der Waals surface area contributed by atoms with Gasteiger partial charge in [-0.2, -0.15) is 0 Å². The van der Waals surface area contributed by atoms with Gasteiger partial charge in [0.1, 0.15) is 5.76 Å². The summed E-state index contributed by atoms with van der Waals surface area (Å²) in [7, 11) is 0. The fourth-order valence-electron chi connectivity index (χ4n) is 2.72. The number of aromatic nitrogens is 1. The zero-order chi connectivity index (χ0) is 18.9. The Morgan fingerprint density at radius 1 is 1.15 bits per heavy atom. The van der Waals surface area contributed by atoms with Crippen LogP contribution in [0.2, 0.25) is 0 Å². The highest BCUT2D eigenvalue weighted by Gasteiger charge is 2.13. The molecule has 1 atom stereocenters. The molecule has 0 saturated heterocycles. The molecule has 1 aromatic heterocycles. The van der Waals surface area contributed by atoms with Crippen LogP contribution in [0.1, 0.15) is 55.0 Å². The molecule has 1 heterocycles. The molecular weight excluding hydrogens is 328 g/mol. The van der Waals surface area contributed by atoms with E-state index >= 15 is 0 Å². The van der Waals surface area contributed by atoms with Crippen molar-refractivity contribution in [3.63, 3.8) is 0 Å². The Morgan fingerprint density at radius 3 is 2.50 bits per heavy atom. The number of aryl methyl sites for hydroxylation is 3. The van der Waals surface area contributed by atoms with Gasteiger partial charge in [0.25, 0.3) is 0 Å². The Kier molecular flexibility index (Phi) is 7.66. The lowest BCUT2D eigenvalue weighted by molar-refractivity contribution is 0.181. The Bertz CT molecular complexity index is 686. The van der Waals surface area contributed by atoms with Crippen molar-refractivity contribution in [3.8, 4) is 0 Å². The standard InChI is InChI=1S/C20H30N4O2/c1-5-17-16(19(6-2)26-24-17)12-22-20(21-7-3)23-13-18(25)15-10-8-14(4)9-11-15/h8-11,18,25H,5-7,12-13H2,1-4H3,(H2,21,22,23). The Balaban J connectivity index is 2.02. The summed E-state index contributed by atoms with van der Waals surface area (Å²) >= 11 is 0. The van der Waals surface area contributed by atoms with Crippen molar-refractivity contribution in [1.29, 1.82) is 0 Å². The van der Waals surface area contributed by atoms with E-state index < -0.39 is 6.10 Å². The minimum atomic E-state index is -0.590. The summed E-state index contributed by atoms with van der Waals surface area (Å²) in [5.41, 5.74) is 4.09. The van der Waals surface area contributed by atoms with Crippen molar-refractivity contribution in [2.75, 3.05) is 13.1 Å². The molecule has 1 aromatic carbocycles. The van der Waals surface area contributed by atoms with Gasteiger partial charge in [0.05, 0.1) is 18.3 Å². The molecule has 1 unspecified atom stereocenters. The highest BCUT2D eigenvalue weighted by Crippen LogP contribution is 2.17. The predicted molar refractivity (Wildman–Crippen MR) is 104 cm³/mol. The summed E-state index contributed by atoms with van der Waals surface area (Å²) in [4.78, 5) is 4.64. The summed E-state index contributed by atoms with van der Waals surface area (Å²) in [5, 5.41) is 20.9. The van der Waals surface area contributed by atoms with E-state index in [4.69, 9.17) is 4.52 Å². The molecule has 0 fully saturated rings. The van der Waals surface area contributed by atoms with Gasteiger partial charge >= 0.3 is 0 Å². The van der Waals surface area contributed by atoms with Crippen LogP contribution in [0.25, 0.3) is 0 Å². The average molecular weight is 358 g/mol. The van der Waals surface area contributed by atoms with Crippen LogP contribution in [-0.4, -0.2) is 29.3 Å². The predicted octanol–water partition coefficient (Wildman–Crippen LogP) is 2.90. The third-order valence-corrected chi connectivity index (χ3v) is 4.27. The van der Waals surface area contributed by atoms with Crippen LogP contribution in [0, 0.1) is 6.92 Å². The molecule has 26 heavy (non-hydrogen) atoms. The first kappa shape index (κ1) is 20.0. The molecule has 6 heteroatoms. The zero-order valence-corrected chi connectivity index (χ0v) is 16.2. The number of rotatable bonds is 8. The zero-order valence-electron chi connectivity index (χ0n) is 16.2. The van der Waals surface area contributed by atoms with Gasteiger partial charge in [-0.15, -0.1) is 0 Å². The second kappa shape index (κ2) is 9.97. The molecule has 0 saturated carbocycles. The number of aliphatic imine (C=N–C) groups is 1. The summed E-state index contributed by atoms with van der Waals surface area (Å²) in [6.45, 7) is 9.80. The van der Waals surface area contributed by atoms with E-state index in [0.29, 0.717) is 19.0 Å². The van der Waals surface area contributed by atoms with Gasteiger partial charge in [-0.25, -0.2) is 4.99 Å². The summed E-state index contributed by atoms with van der Waals surface area (Å²) < 4.78 is 5.39. The number of benzene rings is 1. The highest BCUT2D eigenvalue weighted by molar-refractivity contribution is 5.79. The lowest BCUT2D eigenvalue weighted by atomic mass is 10.1. The van der Waals surface area contributed by atoms with Crippen LogP contribution in [0.3, 0.4) is 0 Å². The van der Waals surface area contributed by atoms with E-state index in [1.54, 1.807) is 0 Å². The first-order valence-electron chi connectivity index (χ1n) is 9.32. The molecular formula is C20H30N4O2. The van der Waals surface area contributed by atoms with Crippen molar-refractivity contribution in [1.82, 2.24) is 15.8 Å². The number of hydrogen-bond acceptors (Lipinski definition) is 4. The van der Waals surface area contributed by atoms with Gasteiger partial charge < -0.3 is 20.3 Å². The number of aliphatic hydroxyl groups is 1. The normalized spacial score (nSPS) is 12.9. The fraction of sp³-hybridized carbons (Fsp3) is 0.500. The number of aliphatic hydroxyl groups excluding tert-OH is 1. The first-order valence-corrected chi connectivity index (χ1v) is 9.32. The lowest BCUT2D eigenvalue weighted by Crippen LogP contribution is -2.39. The van der Waals surface area contributed by atoms with Crippen LogP contribution in [0.4, 0.5) is 0 Å². The van der Waals surface area contributed by atoms with Crippen molar-refractivity contribution < 1.29 is 9.63 Å².